The highest BCUT2D eigenvalue weighted by Crippen LogP contribution is 2.29. The molecule has 0 bridgehead atoms. The zero-order valence-corrected chi connectivity index (χ0v) is 12.2. The second-order valence-electron chi connectivity index (χ2n) is 5.73. The van der Waals surface area contributed by atoms with Crippen molar-refractivity contribution in [2.24, 2.45) is 0 Å². The molecule has 1 aliphatic heterocycles. The maximum absolute atomic E-state index is 12.3. The van der Waals surface area contributed by atoms with Gasteiger partial charge >= 0.3 is 0 Å². The molecule has 0 spiro atoms. The zero-order valence-electron chi connectivity index (χ0n) is 11.4. The number of hydrogen-bond acceptors (Lipinski definition) is 3. The van der Waals surface area contributed by atoms with Crippen LogP contribution in [0.25, 0.3) is 0 Å². The third kappa shape index (κ3) is 3.91. The molecule has 2 fully saturated rings. The summed E-state index contributed by atoms with van der Waals surface area (Å²) in [5.41, 5.74) is 0. The lowest BCUT2D eigenvalue weighted by molar-refractivity contribution is 0.304. The van der Waals surface area contributed by atoms with E-state index in [1.807, 2.05) is 13.8 Å². The second kappa shape index (κ2) is 5.86. The van der Waals surface area contributed by atoms with Gasteiger partial charge in [0.2, 0.25) is 0 Å². The van der Waals surface area contributed by atoms with Crippen molar-refractivity contribution >= 4 is 10.2 Å². The van der Waals surface area contributed by atoms with Crippen molar-refractivity contribution in [1.29, 1.82) is 0 Å². The predicted octanol–water partition coefficient (Wildman–Crippen LogP) is 0.836. The van der Waals surface area contributed by atoms with Crippen molar-refractivity contribution in [3.8, 4) is 0 Å². The number of hydrogen-bond donors (Lipinski definition) is 2. The van der Waals surface area contributed by atoms with Gasteiger partial charge in [0.25, 0.3) is 10.2 Å². The summed E-state index contributed by atoms with van der Waals surface area (Å²) in [7, 11) is -3.31. The van der Waals surface area contributed by atoms with Crippen LogP contribution >= 0.6 is 0 Å². The van der Waals surface area contributed by atoms with Crippen molar-refractivity contribution < 1.29 is 8.42 Å². The fraction of sp³-hybridized carbons (Fsp3) is 1.00. The minimum Gasteiger partial charge on any atom is -0.313 e. The summed E-state index contributed by atoms with van der Waals surface area (Å²) in [6.07, 6.45) is 5.50. The van der Waals surface area contributed by atoms with Gasteiger partial charge in [-0.15, -0.1) is 0 Å². The van der Waals surface area contributed by atoms with Gasteiger partial charge in [-0.1, -0.05) is 6.42 Å². The van der Waals surface area contributed by atoms with Crippen LogP contribution in [-0.2, 0) is 10.2 Å². The Balaban J connectivity index is 1.98. The summed E-state index contributed by atoms with van der Waals surface area (Å²) in [5.74, 6) is 0. The minimum atomic E-state index is -3.31. The van der Waals surface area contributed by atoms with Gasteiger partial charge in [-0.3, -0.25) is 0 Å². The van der Waals surface area contributed by atoms with E-state index in [0.29, 0.717) is 12.6 Å². The quantitative estimate of drug-likeness (QED) is 0.755. The van der Waals surface area contributed by atoms with E-state index in [0.717, 1.165) is 25.8 Å². The van der Waals surface area contributed by atoms with Crippen LogP contribution in [0, 0.1) is 0 Å². The van der Waals surface area contributed by atoms with Gasteiger partial charge in [0.15, 0.2) is 0 Å². The highest BCUT2D eigenvalue weighted by atomic mass is 32.2. The molecule has 1 atom stereocenters. The van der Waals surface area contributed by atoms with Gasteiger partial charge in [-0.2, -0.15) is 17.4 Å². The molecule has 0 aromatic carbocycles. The first-order chi connectivity index (χ1) is 8.49. The van der Waals surface area contributed by atoms with E-state index in [-0.39, 0.29) is 12.1 Å². The molecule has 6 heteroatoms. The molecule has 1 saturated heterocycles. The molecule has 1 heterocycles. The number of nitrogens with one attached hydrogen (secondary N) is 2. The molecule has 0 aromatic heterocycles. The Bertz CT molecular complexity index is 360. The Labute approximate surface area is 110 Å². The van der Waals surface area contributed by atoms with E-state index >= 15 is 0 Å². The summed E-state index contributed by atoms with van der Waals surface area (Å²) < 4.78 is 28.9. The average Bonchev–Trinajstić information content (AvgIpc) is 3.09. The second-order valence-corrected chi connectivity index (χ2v) is 7.38. The van der Waals surface area contributed by atoms with Crippen LogP contribution in [0.3, 0.4) is 0 Å². The Morgan fingerprint density at radius 3 is 2.50 bits per heavy atom. The Hall–Kier alpha value is -0.170. The Morgan fingerprint density at radius 1 is 1.28 bits per heavy atom. The van der Waals surface area contributed by atoms with Gasteiger partial charge in [0.05, 0.1) is 0 Å². The fourth-order valence-electron chi connectivity index (χ4n) is 2.47. The number of nitrogens with zero attached hydrogens (tertiary/aromatic N) is 1. The lowest BCUT2D eigenvalue weighted by Gasteiger charge is -2.30. The molecule has 2 rings (SSSR count). The zero-order chi connectivity index (χ0) is 13.2. The molecule has 5 nitrogen and oxygen atoms in total. The lowest BCUT2D eigenvalue weighted by atomic mass is 10.1. The van der Waals surface area contributed by atoms with Crippen LogP contribution in [0.5, 0.6) is 0 Å². The fourth-order valence-corrected chi connectivity index (χ4v) is 4.18. The third-order valence-corrected chi connectivity index (χ3v) is 5.29. The first-order valence-corrected chi connectivity index (χ1v) is 8.45. The smallest absolute Gasteiger partial charge is 0.279 e. The van der Waals surface area contributed by atoms with Crippen LogP contribution in [0.4, 0.5) is 0 Å². The van der Waals surface area contributed by atoms with Crippen LogP contribution in [-0.4, -0.2) is 43.9 Å². The summed E-state index contributed by atoms with van der Waals surface area (Å²) in [5, 5.41) is 3.42. The van der Waals surface area contributed by atoms with Crippen LogP contribution in [0.2, 0.25) is 0 Å². The molecule has 18 heavy (non-hydrogen) atoms. The van der Waals surface area contributed by atoms with Gasteiger partial charge in [0, 0.05) is 24.7 Å². The van der Waals surface area contributed by atoms with Crippen LogP contribution in [0.15, 0.2) is 0 Å². The molecular formula is C12H25N3O2S. The van der Waals surface area contributed by atoms with E-state index in [9.17, 15) is 8.42 Å². The highest BCUT2D eigenvalue weighted by molar-refractivity contribution is 7.87. The molecule has 0 amide bonds. The number of rotatable bonds is 6. The first-order valence-electron chi connectivity index (χ1n) is 7.01. The van der Waals surface area contributed by atoms with E-state index in [1.165, 1.54) is 12.8 Å². The minimum absolute atomic E-state index is 0.0458. The SMILES string of the molecule is CC(C)NS(=O)(=O)N(CC1CCCCN1)C1CC1. The van der Waals surface area contributed by atoms with Crippen LogP contribution < -0.4 is 10.0 Å². The Kier molecular flexibility index (Phi) is 4.64. The monoisotopic (exact) mass is 275 g/mol. The third-order valence-electron chi connectivity index (χ3n) is 3.46. The van der Waals surface area contributed by atoms with Crippen molar-refractivity contribution in [3.63, 3.8) is 0 Å². The first kappa shape index (κ1) is 14.2. The topological polar surface area (TPSA) is 61.4 Å². The molecule has 0 radical (unpaired) electrons. The average molecular weight is 275 g/mol. The highest BCUT2D eigenvalue weighted by Gasteiger charge is 2.38. The molecule has 2 aliphatic rings. The number of piperidine rings is 1. The van der Waals surface area contributed by atoms with Crippen molar-refractivity contribution in [2.45, 2.75) is 64.1 Å². The molecule has 106 valence electrons. The molecule has 1 unspecified atom stereocenters. The lowest BCUT2D eigenvalue weighted by Crippen LogP contribution is -2.51. The van der Waals surface area contributed by atoms with E-state index in [4.69, 9.17) is 0 Å². The summed E-state index contributed by atoms with van der Waals surface area (Å²) >= 11 is 0. The standard InChI is InChI=1S/C12H25N3O2S/c1-10(2)14-18(16,17)15(12-6-7-12)9-11-5-3-4-8-13-11/h10-14H,3-9H2,1-2H3. The van der Waals surface area contributed by atoms with E-state index in [1.54, 1.807) is 4.31 Å². The summed E-state index contributed by atoms with van der Waals surface area (Å²) in [4.78, 5) is 0. The van der Waals surface area contributed by atoms with Crippen molar-refractivity contribution in [1.82, 2.24) is 14.3 Å². The maximum Gasteiger partial charge on any atom is 0.279 e. The molecule has 1 saturated carbocycles. The molecular weight excluding hydrogens is 250 g/mol. The predicted molar refractivity (Wildman–Crippen MR) is 72.6 cm³/mol. The molecule has 1 aliphatic carbocycles. The van der Waals surface area contributed by atoms with Crippen molar-refractivity contribution in [3.05, 3.63) is 0 Å². The molecule has 2 N–H and O–H groups in total. The van der Waals surface area contributed by atoms with Gasteiger partial charge in [0.1, 0.15) is 0 Å². The van der Waals surface area contributed by atoms with Gasteiger partial charge in [-0.25, -0.2) is 0 Å². The van der Waals surface area contributed by atoms with Gasteiger partial charge in [-0.05, 0) is 46.1 Å². The van der Waals surface area contributed by atoms with E-state index < -0.39 is 10.2 Å². The summed E-state index contributed by atoms with van der Waals surface area (Å²) in [6.45, 7) is 5.36. The molecule has 0 aromatic rings. The largest absolute Gasteiger partial charge is 0.313 e. The summed E-state index contributed by atoms with van der Waals surface area (Å²) in [6, 6.07) is 0.503. The normalized spacial score (nSPS) is 25.9. The van der Waals surface area contributed by atoms with Crippen molar-refractivity contribution in [2.75, 3.05) is 13.1 Å². The maximum atomic E-state index is 12.3. The van der Waals surface area contributed by atoms with E-state index in [2.05, 4.69) is 10.0 Å². The Morgan fingerprint density at radius 2 is 2.00 bits per heavy atom. The van der Waals surface area contributed by atoms with Crippen LogP contribution in [0.1, 0.15) is 46.0 Å². The van der Waals surface area contributed by atoms with Gasteiger partial charge < -0.3 is 5.32 Å².